The van der Waals surface area contributed by atoms with E-state index in [9.17, 15) is 4.79 Å². The molecular weight excluding hydrogens is 282 g/mol. The van der Waals surface area contributed by atoms with Crippen LogP contribution in [-0.4, -0.2) is 5.91 Å². The lowest BCUT2D eigenvalue weighted by molar-refractivity contribution is -0.127. The Labute approximate surface area is 146 Å². The third-order valence-electron chi connectivity index (χ3n) is 5.26. The van der Waals surface area contributed by atoms with Gasteiger partial charge < -0.3 is 5.73 Å². The number of carbonyl (C=O) groups is 1. The highest BCUT2D eigenvalue weighted by atomic mass is 16.1. The van der Waals surface area contributed by atoms with E-state index >= 15 is 0 Å². The van der Waals surface area contributed by atoms with Gasteiger partial charge >= 0.3 is 0 Å². The van der Waals surface area contributed by atoms with Crippen LogP contribution < -0.4 is 5.73 Å². The van der Waals surface area contributed by atoms with Gasteiger partial charge in [0.05, 0.1) is 0 Å². The highest BCUT2D eigenvalue weighted by Gasteiger charge is 2.29. The van der Waals surface area contributed by atoms with Crippen molar-refractivity contribution in [3.8, 4) is 0 Å². The molecule has 0 heterocycles. The van der Waals surface area contributed by atoms with E-state index in [2.05, 4.69) is 20.8 Å². The number of carbonyl (C=O) groups excluding carboxylic acids is 1. The molecular formula is C21H43NO. The SMILES string of the molecule is CCCCCCCCCC(C)(CCCCCCCCC)C(N)=O. The van der Waals surface area contributed by atoms with Gasteiger partial charge in [0.15, 0.2) is 0 Å². The van der Waals surface area contributed by atoms with E-state index in [0.29, 0.717) is 0 Å². The third kappa shape index (κ3) is 12.5. The van der Waals surface area contributed by atoms with Gasteiger partial charge in [-0.05, 0) is 12.8 Å². The van der Waals surface area contributed by atoms with Crippen LogP contribution in [-0.2, 0) is 4.79 Å². The highest BCUT2D eigenvalue weighted by Crippen LogP contribution is 2.31. The van der Waals surface area contributed by atoms with E-state index < -0.39 is 0 Å². The average molecular weight is 326 g/mol. The number of hydrogen-bond acceptors (Lipinski definition) is 1. The molecule has 0 saturated heterocycles. The van der Waals surface area contributed by atoms with Crippen LogP contribution in [0.4, 0.5) is 0 Å². The molecule has 2 nitrogen and oxygen atoms in total. The summed E-state index contributed by atoms with van der Waals surface area (Å²) < 4.78 is 0. The van der Waals surface area contributed by atoms with Crippen molar-refractivity contribution in [1.29, 1.82) is 0 Å². The predicted octanol–water partition coefficient (Wildman–Crippen LogP) is 6.76. The molecule has 23 heavy (non-hydrogen) atoms. The van der Waals surface area contributed by atoms with Crippen molar-refractivity contribution in [2.24, 2.45) is 11.1 Å². The number of amides is 1. The van der Waals surface area contributed by atoms with E-state index in [0.717, 1.165) is 25.7 Å². The second kappa shape index (κ2) is 15.0. The molecule has 0 fully saturated rings. The van der Waals surface area contributed by atoms with Crippen molar-refractivity contribution in [3.63, 3.8) is 0 Å². The Morgan fingerprint density at radius 1 is 0.652 bits per heavy atom. The van der Waals surface area contributed by atoms with Crippen LogP contribution in [0.5, 0.6) is 0 Å². The molecule has 0 atom stereocenters. The van der Waals surface area contributed by atoms with Gasteiger partial charge in [-0.1, -0.05) is 111 Å². The molecule has 0 unspecified atom stereocenters. The fourth-order valence-corrected chi connectivity index (χ4v) is 3.32. The maximum Gasteiger partial charge on any atom is 0.223 e. The third-order valence-corrected chi connectivity index (χ3v) is 5.26. The fraction of sp³-hybridized carbons (Fsp3) is 0.952. The molecule has 0 radical (unpaired) electrons. The minimum Gasteiger partial charge on any atom is -0.369 e. The standard InChI is InChI=1S/C21H43NO/c1-4-6-8-10-12-14-16-18-21(3,20(22)23)19-17-15-13-11-9-7-5-2/h4-19H2,1-3H3,(H2,22,23). The van der Waals surface area contributed by atoms with Crippen molar-refractivity contribution < 1.29 is 4.79 Å². The zero-order chi connectivity index (χ0) is 17.4. The van der Waals surface area contributed by atoms with Crippen LogP contribution in [0.1, 0.15) is 124 Å². The summed E-state index contributed by atoms with van der Waals surface area (Å²) in [5.74, 6) is -0.0885. The summed E-state index contributed by atoms with van der Waals surface area (Å²) in [6, 6.07) is 0. The first-order valence-corrected chi connectivity index (χ1v) is 10.4. The van der Waals surface area contributed by atoms with Crippen molar-refractivity contribution in [2.45, 2.75) is 124 Å². The van der Waals surface area contributed by atoms with Crippen LogP contribution in [0.3, 0.4) is 0 Å². The van der Waals surface area contributed by atoms with Gasteiger partial charge in [-0.2, -0.15) is 0 Å². The average Bonchev–Trinajstić information content (AvgIpc) is 2.53. The summed E-state index contributed by atoms with van der Waals surface area (Å²) in [5, 5.41) is 0. The highest BCUT2D eigenvalue weighted by molar-refractivity contribution is 5.80. The summed E-state index contributed by atoms with van der Waals surface area (Å²) in [6.45, 7) is 6.59. The van der Waals surface area contributed by atoms with Crippen LogP contribution in [0.15, 0.2) is 0 Å². The number of unbranched alkanes of at least 4 members (excludes halogenated alkanes) is 12. The summed E-state index contributed by atoms with van der Waals surface area (Å²) in [4.78, 5) is 11.9. The quantitative estimate of drug-likeness (QED) is 0.295. The Balaban J connectivity index is 3.77. The minimum absolute atomic E-state index is 0.0885. The topological polar surface area (TPSA) is 43.1 Å². The minimum atomic E-state index is -0.271. The second-order valence-corrected chi connectivity index (χ2v) is 7.67. The monoisotopic (exact) mass is 325 g/mol. The maximum atomic E-state index is 11.9. The molecule has 0 aliphatic heterocycles. The Bertz CT molecular complexity index is 257. The molecule has 0 aromatic rings. The lowest BCUT2D eigenvalue weighted by Crippen LogP contribution is -2.34. The Hall–Kier alpha value is -0.530. The first kappa shape index (κ1) is 22.5. The molecule has 0 spiro atoms. The molecule has 0 aromatic heterocycles. The largest absolute Gasteiger partial charge is 0.369 e. The number of hydrogen-bond donors (Lipinski definition) is 1. The summed E-state index contributed by atoms with van der Waals surface area (Å²) >= 11 is 0. The summed E-state index contributed by atoms with van der Waals surface area (Å²) in [5.41, 5.74) is 5.42. The van der Waals surface area contributed by atoms with Gasteiger partial charge in [-0.3, -0.25) is 4.79 Å². The van der Waals surface area contributed by atoms with E-state index in [1.165, 1.54) is 77.0 Å². The lowest BCUT2D eigenvalue weighted by Gasteiger charge is -2.26. The number of primary amides is 1. The van der Waals surface area contributed by atoms with Gasteiger partial charge in [0.25, 0.3) is 0 Å². The van der Waals surface area contributed by atoms with E-state index in [1.807, 2.05) is 0 Å². The van der Waals surface area contributed by atoms with Gasteiger partial charge in [0.1, 0.15) is 0 Å². The molecule has 0 aliphatic rings. The molecule has 0 aromatic carbocycles. The van der Waals surface area contributed by atoms with Gasteiger partial charge in [0, 0.05) is 5.41 Å². The number of rotatable bonds is 17. The van der Waals surface area contributed by atoms with E-state index in [-0.39, 0.29) is 11.3 Å². The molecule has 138 valence electrons. The van der Waals surface area contributed by atoms with Gasteiger partial charge in [0.2, 0.25) is 5.91 Å². The molecule has 2 N–H and O–H groups in total. The predicted molar refractivity (Wildman–Crippen MR) is 103 cm³/mol. The van der Waals surface area contributed by atoms with Gasteiger partial charge in [-0.25, -0.2) is 0 Å². The number of nitrogens with two attached hydrogens (primary N) is 1. The maximum absolute atomic E-state index is 11.9. The Morgan fingerprint density at radius 3 is 1.26 bits per heavy atom. The Kier molecular flexibility index (Phi) is 14.7. The molecule has 1 amide bonds. The first-order chi connectivity index (χ1) is 11.1. The van der Waals surface area contributed by atoms with Crippen molar-refractivity contribution >= 4 is 5.91 Å². The normalized spacial score (nSPS) is 11.8. The molecule has 2 heteroatoms. The molecule has 0 saturated carbocycles. The molecule has 0 aliphatic carbocycles. The van der Waals surface area contributed by atoms with Crippen LogP contribution in [0, 0.1) is 5.41 Å². The molecule has 0 rings (SSSR count). The summed E-state index contributed by atoms with van der Waals surface area (Å²) in [6.07, 6.45) is 20.1. The zero-order valence-electron chi connectivity index (χ0n) is 16.3. The van der Waals surface area contributed by atoms with Crippen molar-refractivity contribution in [1.82, 2.24) is 0 Å². The smallest absolute Gasteiger partial charge is 0.223 e. The zero-order valence-corrected chi connectivity index (χ0v) is 16.3. The van der Waals surface area contributed by atoms with Crippen LogP contribution in [0.2, 0.25) is 0 Å². The Morgan fingerprint density at radius 2 is 0.957 bits per heavy atom. The lowest BCUT2D eigenvalue weighted by atomic mass is 9.79. The van der Waals surface area contributed by atoms with E-state index in [4.69, 9.17) is 5.73 Å². The van der Waals surface area contributed by atoms with E-state index in [1.54, 1.807) is 0 Å². The van der Waals surface area contributed by atoms with Crippen LogP contribution >= 0.6 is 0 Å². The fourth-order valence-electron chi connectivity index (χ4n) is 3.32. The summed E-state index contributed by atoms with van der Waals surface area (Å²) in [7, 11) is 0. The van der Waals surface area contributed by atoms with Gasteiger partial charge in [-0.15, -0.1) is 0 Å². The van der Waals surface area contributed by atoms with Crippen LogP contribution in [0.25, 0.3) is 0 Å². The van der Waals surface area contributed by atoms with Crippen molar-refractivity contribution in [3.05, 3.63) is 0 Å². The first-order valence-electron chi connectivity index (χ1n) is 10.4. The second-order valence-electron chi connectivity index (χ2n) is 7.67. The van der Waals surface area contributed by atoms with Crippen molar-refractivity contribution in [2.75, 3.05) is 0 Å². The molecule has 0 bridgehead atoms.